The first kappa shape index (κ1) is 30.0. The topological polar surface area (TPSA) is 51.4 Å². The molecule has 1 amide bonds. The quantitative estimate of drug-likeness (QED) is 0.151. The Balaban J connectivity index is 1.55. The number of amides is 1. The van der Waals surface area contributed by atoms with Gasteiger partial charge in [-0.2, -0.15) is 0 Å². The normalized spacial score (nSPS) is 10.9. The van der Waals surface area contributed by atoms with E-state index in [0.29, 0.717) is 23.9 Å². The number of unbranched alkanes of at least 4 members (excludes halogenated alkanes) is 9. The van der Waals surface area contributed by atoms with Crippen LogP contribution < -0.4 is 19.4 Å². The van der Waals surface area contributed by atoms with Gasteiger partial charge in [-0.25, -0.2) is 4.57 Å². The van der Waals surface area contributed by atoms with Gasteiger partial charge in [0, 0.05) is 31.2 Å². The lowest BCUT2D eigenvalue weighted by Gasteiger charge is -2.11. The first-order valence-electron chi connectivity index (χ1n) is 13.9. The molecule has 0 unspecified atom stereocenters. The molecule has 0 aliphatic carbocycles. The monoisotopic (exact) mass is 517 g/mol. The van der Waals surface area contributed by atoms with Crippen LogP contribution in [0.25, 0.3) is 0 Å². The van der Waals surface area contributed by atoms with Crippen molar-refractivity contribution in [3.63, 3.8) is 0 Å². The highest BCUT2D eigenvalue weighted by Crippen LogP contribution is 2.29. The molecule has 0 aliphatic rings. The summed E-state index contributed by atoms with van der Waals surface area (Å²) in [7, 11) is 0. The maximum atomic E-state index is 12.1. The van der Waals surface area contributed by atoms with Crippen LogP contribution in [0.4, 0.5) is 0 Å². The second-order valence-electron chi connectivity index (χ2n) is 9.46. The average Bonchev–Trinajstić information content (AvgIpc) is 2.88. The lowest BCUT2D eigenvalue weighted by molar-refractivity contribution is -0.697. The van der Waals surface area contributed by atoms with Crippen LogP contribution in [-0.2, 0) is 17.8 Å². The van der Waals surface area contributed by atoms with Crippen molar-refractivity contribution >= 4 is 17.5 Å². The predicted octanol–water partition coefficient (Wildman–Crippen LogP) is 7.07. The molecule has 0 atom stereocenters. The molecule has 200 valence electrons. The maximum absolute atomic E-state index is 12.1. The van der Waals surface area contributed by atoms with Gasteiger partial charge in [0.2, 0.25) is 0 Å². The third kappa shape index (κ3) is 13.2. The van der Waals surface area contributed by atoms with Gasteiger partial charge in [-0.15, -0.1) is 0 Å². The number of hydrogen-bond donors (Lipinski definition) is 1. The van der Waals surface area contributed by atoms with E-state index in [2.05, 4.69) is 48.3 Å². The van der Waals surface area contributed by atoms with Crippen molar-refractivity contribution < 1.29 is 18.8 Å². The molecule has 0 spiro atoms. The molecule has 0 fully saturated rings. The molecule has 1 aromatic heterocycles. The molecular weight excluding hydrogens is 472 g/mol. The first-order chi connectivity index (χ1) is 17.6. The molecule has 1 N–H and O–H groups in total. The third-order valence-electron chi connectivity index (χ3n) is 6.21. The molecule has 2 aromatic rings. The highest BCUT2D eigenvalue weighted by Gasteiger charge is 2.08. The summed E-state index contributed by atoms with van der Waals surface area (Å²) in [5, 5.41) is 3.35. The second kappa shape index (κ2) is 18.9. The number of carbonyl (C=O) groups is 1. The zero-order valence-corrected chi connectivity index (χ0v) is 23.2. The number of benzene rings is 1. The van der Waals surface area contributed by atoms with Crippen molar-refractivity contribution in [2.24, 2.45) is 0 Å². The predicted molar refractivity (Wildman–Crippen MR) is 148 cm³/mol. The lowest BCUT2D eigenvalue weighted by atomic mass is 10.1. The zero-order chi connectivity index (χ0) is 25.8. The van der Waals surface area contributed by atoms with Gasteiger partial charge >= 0.3 is 0 Å². The third-order valence-corrected chi connectivity index (χ3v) is 6.50. The largest absolute Gasteiger partial charge is 0.494 e. The molecule has 0 radical (unpaired) electrons. The molecule has 0 bridgehead atoms. The number of nitrogens with zero attached hydrogens (tertiary/aromatic N) is 1. The van der Waals surface area contributed by atoms with Crippen molar-refractivity contribution in [3.8, 4) is 11.5 Å². The fourth-order valence-electron chi connectivity index (χ4n) is 4.07. The number of aryl methyl sites for hydroxylation is 1. The number of aromatic nitrogens is 1. The molecule has 0 saturated heterocycles. The first-order valence-corrected chi connectivity index (χ1v) is 14.3. The smallest absolute Gasteiger partial charge is 0.257 e. The summed E-state index contributed by atoms with van der Waals surface area (Å²) in [6.07, 6.45) is 19.1. The van der Waals surface area contributed by atoms with E-state index < -0.39 is 0 Å². The van der Waals surface area contributed by atoms with Crippen molar-refractivity contribution in [1.29, 1.82) is 0 Å². The van der Waals surface area contributed by atoms with Gasteiger partial charge in [0.05, 0.1) is 11.6 Å². The van der Waals surface area contributed by atoms with E-state index >= 15 is 0 Å². The van der Waals surface area contributed by atoms with Crippen LogP contribution >= 0.6 is 11.6 Å². The van der Waals surface area contributed by atoms with Crippen LogP contribution in [0, 0.1) is 0 Å². The number of hydrogen-bond acceptors (Lipinski definition) is 3. The molecule has 36 heavy (non-hydrogen) atoms. The number of rotatable bonds is 20. The Morgan fingerprint density at radius 3 is 2.17 bits per heavy atom. The summed E-state index contributed by atoms with van der Waals surface area (Å²) in [5.41, 5.74) is 1.19. The van der Waals surface area contributed by atoms with E-state index in [1.807, 2.05) is 6.07 Å². The second-order valence-corrected chi connectivity index (χ2v) is 9.86. The molecule has 0 saturated carbocycles. The average molecular weight is 518 g/mol. The molecule has 0 aliphatic heterocycles. The minimum absolute atomic E-state index is 0.0657. The minimum atomic E-state index is -0.163. The number of carbonyl (C=O) groups excluding carboxylic acids is 1. The van der Waals surface area contributed by atoms with Gasteiger partial charge in [-0.3, -0.25) is 4.79 Å². The summed E-state index contributed by atoms with van der Waals surface area (Å²) >= 11 is 6.34. The molecule has 5 nitrogen and oxygen atoms in total. The number of pyridine rings is 1. The van der Waals surface area contributed by atoms with E-state index in [9.17, 15) is 4.79 Å². The fourth-order valence-corrected chi connectivity index (χ4v) is 4.30. The highest BCUT2D eigenvalue weighted by atomic mass is 35.5. The standard InChI is InChI=1S/C30H45ClN2O3/c1-3-5-6-7-8-9-10-11-12-13-23-35-27-14-15-29(28(31)24-27)36-25-30(34)32-19-16-26-17-21-33(20-4-2)22-18-26/h14-15,17-18,21-22,24H,3-13,16,19-20,23,25H2,1-2H3/p+1. The van der Waals surface area contributed by atoms with Gasteiger partial charge in [0.1, 0.15) is 18.0 Å². The Morgan fingerprint density at radius 2 is 1.53 bits per heavy atom. The summed E-state index contributed by atoms with van der Waals surface area (Å²) < 4.78 is 13.6. The maximum Gasteiger partial charge on any atom is 0.257 e. The SMILES string of the molecule is CCCCCCCCCCCCOc1ccc(OCC(=O)NCCc2cc[n+](CCC)cc2)c(Cl)c1. The van der Waals surface area contributed by atoms with Gasteiger partial charge in [-0.1, -0.05) is 83.2 Å². The van der Waals surface area contributed by atoms with Gasteiger partial charge in [-0.05, 0) is 30.5 Å². The lowest BCUT2D eigenvalue weighted by Crippen LogP contribution is -2.33. The van der Waals surface area contributed by atoms with E-state index in [0.717, 1.165) is 31.6 Å². The van der Waals surface area contributed by atoms with Crippen LogP contribution in [0.3, 0.4) is 0 Å². The number of halogens is 1. The summed E-state index contributed by atoms with van der Waals surface area (Å²) in [4.78, 5) is 12.1. The van der Waals surface area contributed by atoms with Crippen molar-refractivity contribution in [2.75, 3.05) is 19.8 Å². The van der Waals surface area contributed by atoms with Crippen molar-refractivity contribution in [1.82, 2.24) is 5.32 Å². The van der Waals surface area contributed by atoms with E-state index in [4.69, 9.17) is 21.1 Å². The van der Waals surface area contributed by atoms with E-state index in [-0.39, 0.29) is 12.5 Å². The van der Waals surface area contributed by atoms with E-state index in [1.54, 1.807) is 12.1 Å². The van der Waals surface area contributed by atoms with Crippen LogP contribution in [-0.4, -0.2) is 25.7 Å². The summed E-state index contributed by atoms with van der Waals surface area (Å²) in [6, 6.07) is 9.55. The van der Waals surface area contributed by atoms with Gasteiger partial charge in [0.25, 0.3) is 5.91 Å². The zero-order valence-electron chi connectivity index (χ0n) is 22.4. The Bertz CT molecular complexity index is 858. The molecule has 6 heteroatoms. The van der Waals surface area contributed by atoms with Gasteiger partial charge < -0.3 is 14.8 Å². The fraction of sp³-hybridized carbons (Fsp3) is 0.600. The van der Waals surface area contributed by atoms with Gasteiger partial charge in [0.15, 0.2) is 19.0 Å². The number of nitrogens with one attached hydrogen (secondary N) is 1. The molecule has 1 aromatic carbocycles. The van der Waals surface area contributed by atoms with Crippen molar-refractivity contribution in [2.45, 2.75) is 97.4 Å². The van der Waals surface area contributed by atoms with E-state index in [1.165, 1.54) is 63.4 Å². The van der Waals surface area contributed by atoms with Crippen molar-refractivity contribution in [3.05, 3.63) is 53.3 Å². The summed E-state index contributed by atoms with van der Waals surface area (Å²) in [6.45, 7) is 6.63. The molecule has 2 rings (SSSR count). The van der Waals surface area contributed by atoms with Crippen LogP contribution in [0.1, 0.15) is 90.0 Å². The van der Waals surface area contributed by atoms with Crippen LogP contribution in [0.2, 0.25) is 5.02 Å². The minimum Gasteiger partial charge on any atom is -0.494 e. The molecular formula is C30H46ClN2O3+. The number of ether oxygens (including phenoxy) is 2. The Labute approximate surface area is 223 Å². The Kier molecular flexibility index (Phi) is 15.7. The van der Waals surface area contributed by atoms with Crippen LogP contribution in [0.15, 0.2) is 42.7 Å². The Morgan fingerprint density at radius 1 is 0.861 bits per heavy atom. The van der Waals surface area contributed by atoms with Crippen LogP contribution in [0.5, 0.6) is 11.5 Å². The highest BCUT2D eigenvalue weighted by molar-refractivity contribution is 6.32. The summed E-state index contributed by atoms with van der Waals surface area (Å²) in [5.74, 6) is 1.06. The molecule has 1 heterocycles. The Hall–Kier alpha value is -2.27.